The summed E-state index contributed by atoms with van der Waals surface area (Å²) >= 11 is 0. The molecule has 0 fully saturated rings. The van der Waals surface area contributed by atoms with E-state index >= 15 is 0 Å². The number of nitrogens with zero attached hydrogens (tertiary/aromatic N) is 2. The van der Waals surface area contributed by atoms with Crippen molar-refractivity contribution in [2.75, 3.05) is 11.9 Å². The Morgan fingerprint density at radius 1 is 1.05 bits per heavy atom. The molecule has 3 aromatic rings. The Labute approximate surface area is 127 Å². The van der Waals surface area contributed by atoms with Crippen molar-refractivity contribution in [3.8, 4) is 0 Å². The minimum absolute atomic E-state index is 0.304. The van der Waals surface area contributed by atoms with Gasteiger partial charge in [-0.05, 0) is 36.2 Å². The number of aromatic nitrogens is 2. The van der Waals surface area contributed by atoms with E-state index in [0.29, 0.717) is 12.1 Å². The first kappa shape index (κ1) is 14.0. The van der Waals surface area contributed by atoms with Crippen LogP contribution in [0, 0.1) is 0 Å². The Morgan fingerprint density at radius 3 is 2.59 bits per heavy atom. The first-order valence-electron chi connectivity index (χ1n) is 7.00. The van der Waals surface area contributed by atoms with Gasteiger partial charge in [-0.2, -0.15) is 0 Å². The summed E-state index contributed by atoms with van der Waals surface area (Å²) in [5.41, 5.74) is 2.29. The minimum Gasteiger partial charge on any atom is -0.478 e. The van der Waals surface area contributed by atoms with Crippen molar-refractivity contribution in [2.24, 2.45) is 0 Å². The number of carboxylic acid groups (broad SMARTS) is 1. The first-order valence-corrected chi connectivity index (χ1v) is 7.00. The Balaban J connectivity index is 1.66. The van der Waals surface area contributed by atoms with Crippen LogP contribution in [0.5, 0.6) is 0 Å². The van der Waals surface area contributed by atoms with Gasteiger partial charge < -0.3 is 10.4 Å². The standard InChI is InChI=1S/C17H15N3O2/c21-17(22)13-7-5-12(6-8-13)9-10-18-16-14-3-1-2-4-15(14)19-11-20-16/h1-8,11H,9-10H2,(H,21,22)(H,18,19,20). The van der Waals surface area contributed by atoms with Crippen LogP contribution in [0.25, 0.3) is 10.9 Å². The van der Waals surface area contributed by atoms with Crippen LogP contribution in [0.3, 0.4) is 0 Å². The van der Waals surface area contributed by atoms with Crippen LogP contribution in [0.4, 0.5) is 5.82 Å². The van der Waals surface area contributed by atoms with E-state index in [9.17, 15) is 4.79 Å². The minimum atomic E-state index is -0.905. The number of para-hydroxylation sites is 1. The number of anilines is 1. The molecule has 0 aliphatic rings. The fourth-order valence-electron chi connectivity index (χ4n) is 2.28. The van der Waals surface area contributed by atoms with E-state index in [-0.39, 0.29) is 0 Å². The molecule has 1 aromatic heterocycles. The highest BCUT2D eigenvalue weighted by molar-refractivity contribution is 5.88. The molecule has 0 bridgehead atoms. The number of fused-ring (bicyclic) bond motifs is 1. The Morgan fingerprint density at radius 2 is 1.82 bits per heavy atom. The van der Waals surface area contributed by atoms with Gasteiger partial charge in [0.05, 0.1) is 11.1 Å². The number of carbonyl (C=O) groups is 1. The zero-order valence-corrected chi connectivity index (χ0v) is 11.9. The molecule has 0 saturated heterocycles. The molecular weight excluding hydrogens is 278 g/mol. The van der Waals surface area contributed by atoms with Crippen LogP contribution in [0.2, 0.25) is 0 Å². The van der Waals surface area contributed by atoms with Crippen LogP contribution in [-0.4, -0.2) is 27.6 Å². The van der Waals surface area contributed by atoms with Gasteiger partial charge in [0.2, 0.25) is 0 Å². The third-order valence-corrected chi connectivity index (χ3v) is 3.45. The van der Waals surface area contributed by atoms with Crippen molar-refractivity contribution in [1.82, 2.24) is 9.97 Å². The number of benzene rings is 2. The van der Waals surface area contributed by atoms with Gasteiger partial charge in [0, 0.05) is 11.9 Å². The molecule has 5 nitrogen and oxygen atoms in total. The zero-order chi connectivity index (χ0) is 15.4. The molecule has 0 radical (unpaired) electrons. The fourth-order valence-corrected chi connectivity index (χ4v) is 2.28. The van der Waals surface area contributed by atoms with Gasteiger partial charge in [-0.3, -0.25) is 0 Å². The predicted octanol–water partition coefficient (Wildman–Crippen LogP) is 2.98. The van der Waals surface area contributed by atoms with Crippen LogP contribution < -0.4 is 5.32 Å². The molecule has 5 heteroatoms. The highest BCUT2D eigenvalue weighted by Crippen LogP contribution is 2.18. The van der Waals surface area contributed by atoms with Gasteiger partial charge in [-0.1, -0.05) is 24.3 Å². The lowest BCUT2D eigenvalue weighted by Crippen LogP contribution is -2.07. The molecule has 0 unspecified atom stereocenters. The average molecular weight is 293 g/mol. The van der Waals surface area contributed by atoms with Crippen molar-refractivity contribution in [3.05, 3.63) is 66.0 Å². The van der Waals surface area contributed by atoms with Crippen molar-refractivity contribution in [1.29, 1.82) is 0 Å². The SMILES string of the molecule is O=C(O)c1ccc(CCNc2ncnc3ccccc23)cc1. The van der Waals surface area contributed by atoms with E-state index in [2.05, 4.69) is 15.3 Å². The second-order valence-corrected chi connectivity index (χ2v) is 4.92. The zero-order valence-electron chi connectivity index (χ0n) is 11.9. The van der Waals surface area contributed by atoms with Gasteiger partial charge in [0.25, 0.3) is 0 Å². The van der Waals surface area contributed by atoms with Gasteiger partial charge in [0.15, 0.2) is 0 Å². The Hall–Kier alpha value is -2.95. The number of aromatic carboxylic acids is 1. The first-order chi connectivity index (χ1) is 10.7. The molecule has 22 heavy (non-hydrogen) atoms. The maximum Gasteiger partial charge on any atom is 0.335 e. The number of nitrogens with one attached hydrogen (secondary N) is 1. The van der Waals surface area contributed by atoms with Crippen molar-refractivity contribution in [3.63, 3.8) is 0 Å². The number of rotatable bonds is 5. The lowest BCUT2D eigenvalue weighted by atomic mass is 10.1. The van der Waals surface area contributed by atoms with Crippen LogP contribution in [0.1, 0.15) is 15.9 Å². The normalized spacial score (nSPS) is 10.5. The molecule has 2 aromatic carbocycles. The molecule has 0 aliphatic heterocycles. The molecule has 0 atom stereocenters. The molecule has 3 rings (SSSR count). The molecule has 2 N–H and O–H groups in total. The summed E-state index contributed by atoms with van der Waals surface area (Å²) < 4.78 is 0. The molecular formula is C17H15N3O2. The molecule has 0 spiro atoms. The lowest BCUT2D eigenvalue weighted by Gasteiger charge is -2.08. The van der Waals surface area contributed by atoms with E-state index < -0.39 is 5.97 Å². The summed E-state index contributed by atoms with van der Waals surface area (Å²) in [6.45, 7) is 0.716. The smallest absolute Gasteiger partial charge is 0.335 e. The maximum atomic E-state index is 10.8. The van der Waals surface area contributed by atoms with E-state index in [0.717, 1.165) is 28.7 Å². The van der Waals surface area contributed by atoms with Crippen LogP contribution >= 0.6 is 0 Å². The Bertz CT molecular complexity index is 795. The molecule has 0 amide bonds. The second kappa shape index (κ2) is 6.22. The maximum absolute atomic E-state index is 10.8. The summed E-state index contributed by atoms with van der Waals surface area (Å²) in [4.78, 5) is 19.3. The monoisotopic (exact) mass is 293 g/mol. The van der Waals surface area contributed by atoms with Crippen molar-refractivity contribution in [2.45, 2.75) is 6.42 Å². The second-order valence-electron chi connectivity index (χ2n) is 4.92. The Kier molecular flexibility index (Phi) is 3.96. The summed E-state index contributed by atoms with van der Waals surface area (Å²) in [7, 11) is 0. The summed E-state index contributed by atoms with van der Waals surface area (Å²) in [5.74, 6) is -0.0927. The number of hydrogen-bond acceptors (Lipinski definition) is 4. The average Bonchev–Trinajstić information content (AvgIpc) is 2.55. The quantitative estimate of drug-likeness (QED) is 0.756. The van der Waals surface area contributed by atoms with E-state index in [4.69, 9.17) is 5.11 Å². The van der Waals surface area contributed by atoms with Crippen molar-refractivity contribution >= 4 is 22.7 Å². The van der Waals surface area contributed by atoms with E-state index in [1.54, 1.807) is 18.5 Å². The van der Waals surface area contributed by atoms with Gasteiger partial charge >= 0.3 is 5.97 Å². The summed E-state index contributed by atoms with van der Waals surface area (Å²) in [6.07, 6.45) is 2.34. The summed E-state index contributed by atoms with van der Waals surface area (Å²) in [6, 6.07) is 14.8. The van der Waals surface area contributed by atoms with Gasteiger partial charge in [0.1, 0.15) is 12.1 Å². The highest BCUT2D eigenvalue weighted by Gasteiger charge is 2.03. The third kappa shape index (κ3) is 3.03. The van der Waals surface area contributed by atoms with Crippen LogP contribution in [-0.2, 0) is 6.42 Å². The molecule has 1 heterocycles. The third-order valence-electron chi connectivity index (χ3n) is 3.45. The van der Waals surface area contributed by atoms with Gasteiger partial charge in [-0.15, -0.1) is 0 Å². The number of hydrogen-bond donors (Lipinski definition) is 2. The molecule has 110 valence electrons. The number of carboxylic acids is 1. The topological polar surface area (TPSA) is 75.1 Å². The largest absolute Gasteiger partial charge is 0.478 e. The molecule has 0 aliphatic carbocycles. The predicted molar refractivity (Wildman–Crippen MR) is 85.1 cm³/mol. The van der Waals surface area contributed by atoms with Gasteiger partial charge in [-0.25, -0.2) is 14.8 Å². The fraction of sp³-hybridized carbons (Fsp3) is 0.118. The lowest BCUT2D eigenvalue weighted by molar-refractivity contribution is 0.0697. The van der Waals surface area contributed by atoms with Crippen molar-refractivity contribution < 1.29 is 9.90 Å². The van der Waals surface area contributed by atoms with E-state index in [1.807, 2.05) is 36.4 Å². The van der Waals surface area contributed by atoms with E-state index in [1.165, 1.54) is 0 Å². The van der Waals surface area contributed by atoms with Crippen LogP contribution in [0.15, 0.2) is 54.9 Å². The molecule has 0 saturated carbocycles. The highest BCUT2D eigenvalue weighted by atomic mass is 16.4. The summed E-state index contributed by atoms with van der Waals surface area (Å²) in [5, 5.41) is 13.2.